The van der Waals surface area contributed by atoms with Gasteiger partial charge in [0.1, 0.15) is 5.75 Å². The summed E-state index contributed by atoms with van der Waals surface area (Å²) in [5, 5.41) is 4.31. The van der Waals surface area contributed by atoms with Crippen molar-refractivity contribution in [2.75, 3.05) is 19.5 Å². The lowest BCUT2D eigenvalue weighted by molar-refractivity contribution is 0.0594. The van der Waals surface area contributed by atoms with Crippen LogP contribution in [-0.4, -0.2) is 25.2 Å². The van der Waals surface area contributed by atoms with Gasteiger partial charge in [0, 0.05) is 5.39 Å². The van der Waals surface area contributed by atoms with Crippen LogP contribution in [0.5, 0.6) is 5.75 Å². The molecule has 0 bridgehead atoms. The SMILES string of the molecule is COC(=O)c1cc(Nc2cc(C)ccc2OC)c2cc(C)ccc2n1. The first-order chi connectivity index (χ1) is 12.0. The Bertz CT molecular complexity index is 951. The van der Waals surface area contributed by atoms with Crippen LogP contribution in [0.2, 0.25) is 0 Å². The number of carbonyl (C=O) groups is 1. The molecule has 5 heteroatoms. The largest absolute Gasteiger partial charge is 0.495 e. The summed E-state index contributed by atoms with van der Waals surface area (Å²) in [6, 6.07) is 13.5. The molecule has 0 atom stereocenters. The summed E-state index contributed by atoms with van der Waals surface area (Å²) < 4.78 is 10.3. The van der Waals surface area contributed by atoms with E-state index in [-0.39, 0.29) is 5.69 Å². The molecule has 3 rings (SSSR count). The van der Waals surface area contributed by atoms with Gasteiger partial charge in [-0.15, -0.1) is 0 Å². The van der Waals surface area contributed by atoms with Crippen molar-refractivity contribution in [1.82, 2.24) is 4.98 Å². The molecule has 25 heavy (non-hydrogen) atoms. The van der Waals surface area contributed by atoms with Crippen LogP contribution in [0.15, 0.2) is 42.5 Å². The molecule has 128 valence electrons. The Morgan fingerprint density at radius 2 is 1.68 bits per heavy atom. The summed E-state index contributed by atoms with van der Waals surface area (Å²) in [7, 11) is 2.98. The van der Waals surface area contributed by atoms with Crippen molar-refractivity contribution in [2.45, 2.75) is 13.8 Å². The van der Waals surface area contributed by atoms with Gasteiger partial charge >= 0.3 is 5.97 Å². The molecule has 0 saturated heterocycles. The monoisotopic (exact) mass is 336 g/mol. The Morgan fingerprint density at radius 3 is 2.40 bits per heavy atom. The molecule has 0 fully saturated rings. The predicted octanol–water partition coefficient (Wildman–Crippen LogP) is 4.39. The van der Waals surface area contributed by atoms with Gasteiger partial charge in [0.2, 0.25) is 0 Å². The minimum absolute atomic E-state index is 0.257. The third-order valence-corrected chi connectivity index (χ3v) is 3.98. The highest BCUT2D eigenvalue weighted by atomic mass is 16.5. The summed E-state index contributed by atoms with van der Waals surface area (Å²) in [4.78, 5) is 16.4. The van der Waals surface area contributed by atoms with Gasteiger partial charge in [-0.2, -0.15) is 0 Å². The van der Waals surface area contributed by atoms with Gasteiger partial charge in [-0.25, -0.2) is 9.78 Å². The number of pyridine rings is 1. The minimum Gasteiger partial charge on any atom is -0.495 e. The van der Waals surface area contributed by atoms with Crippen molar-refractivity contribution in [2.24, 2.45) is 0 Å². The Morgan fingerprint density at radius 1 is 0.960 bits per heavy atom. The lowest BCUT2D eigenvalue weighted by Gasteiger charge is -2.15. The number of hydrogen-bond donors (Lipinski definition) is 1. The lowest BCUT2D eigenvalue weighted by Crippen LogP contribution is -2.06. The predicted molar refractivity (Wildman–Crippen MR) is 98.8 cm³/mol. The molecule has 0 unspecified atom stereocenters. The van der Waals surface area contributed by atoms with E-state index in [2.05, 4.69) is 10.3 Å². The number of ether oxygens (including phenoxy) is 2. The molecule has 0 saturated carbocycles. The van der Waals surface area contributed by atoms with Crippen LogP contribution in [0.25, 0.3) is 10.9 Å². The summed E-state index contributed by atoms with van der Waals surface area (Å²) in [5.41, 5.74) is 4.80. The fraction of sp³-hybridized carbons (Fsp3) is 0.200. The van der Waals surface area contributed by atoms with E-state index in [1.165, 1.54) is 7.11 Å². The van der Waals surface area contributed by atoms with E-state index in [1.54, 1.807) is 13.2 Å². The molecular formula is C20H20N2O3. The van der Waals surface area contributed by atoms with Crippen molar-refractivity contribution >= 4 is 28.2 Å². The van der Waals surface area contributed by atoms with Gasteiger partial charge in [-0.3, -0.25) is 0 Å². The standard InChI is InChI=1S/C20H20N2O3/c1-12-5-7-15-14(9-12)16(11-18(21-15)20(23)25-4)22-17-10-13(2)6-8-19(17)24-3/h5-11H,1-4H3,(H,21,22). The molecule has 1 aromatic heterocycles. The average molecular weight is 336 g/mol. The van der Waals surface area contributed by atoms with Crippen molar-refractivity contribution in [3.63, 3.8) is 0 Å². The fourth-order valence-electron chi connectivity index (χ4n) is 2.72. The number of benzene rings is 2. The van der Waals surface area contributed by atoms with E-state index in [1.807, 2.05) is 50.2 Å². The summed E-state index contributed by atoms with van der Waals surface area (Å²) in [5.74, 6) is 0.254. The van der Waals surface area contributed by atoms with Crippen LogP contribution in [0.3, 0.4) is 0 Å². The van der Waals surface area contributed by atoms with Crippen molar-refractivity contribution in [3.8, 4) is 5.75 Å². The van der Waals surface area contributed by atoms with Gasteiger partial charge in [0.05, 0.1) is 31.1 Å². The third kappa shape index (κ3) is 3.40. The number of rotatable bonds is 4. The van der Waals surface area contributed by atoms with Gasteiger partial charge in [-0.05, 0) is 49.7 Å². The number of aryl methyl sites for hydroxylation is 2. The highest BCUT2D eigenvalue weighted by Crippen LogP contribution is 2.32. The third-order valence-electron chi connectivity index (χ3n) is 3.98. The van der Waals surface area contributed by atoms with Crippen LogP contribution in [0.4, 0.5) is 11.4 Å². The van der Waals surface area contributed by atoms with E-state index in [0.717, 1.165) is 39.2 Å². The lowest BCUT2D eigenvalue weighted by atomic mass is 10.1. The number of hydrogen-bond acceptors (Lipinski definition) is 5. The molecule has 0 aliphatic rings. The zero-order chi connectivity index (χ0) is 18.0. The first-order valence-electron chi connectivity index (χ1n) is 7.93. The maximum atomic E-state index is 12.0. The molecule has 2 aromatic carbocycles. The normalized spacial score (nSPS) is 10.6. The van der Waals surface area contributed by atoms with Crippen LogP contribution in [0, 0.1) is 13.8 Å². The highest BCUT2D eigenvalue weighted by Gasteiger charge is 2.14. The van der Waals surface area contributed by atoms with Crippen molar-refractivity contribution in [3.05, 3.63) is 59.3 Å². The van der Waals surface area contributed by atoms with Gasteiger partial charge in [0.15, 0.2) is 5.69 Å². The van der Waals surface area contributed by atoms with Gasteiger partial charge < -0.3 is 14.8 Å². The maximum Gasteiger partial charge on any atom is 0.356 e. The number of carbonyl (C=O) groups excluding carboxylic acids is 1. The Balaban J connectivity index is 2.18. The molecule has 1 N–H and O–H groups in total. The zero-order valence-electron chi connectivity index (χ0n) is 14.7. The van der Waals surface area contributed by atoms with Gasteiger partial charge in [-0.1, -0.05) is 17.7 Å². The van der Waals surface area contributed by atoms with E-state index < -0.39 is 5.97 Å². The number of methoxy groups -OCH3 is 2. The second-order valence-corrected chi connectivity index (χ2v) is 5.90. The number of nitrogens with zero attached hydrogens (tertiary/aromatic N) is 1. The number of esters is 1. The Labute approximate surface area is 146 Å². The molecule has 1 heterocycles. The molecular weight excluding hydrogens is 316 g/mol. The second-order valence-electron chi connectivity index (χ2n) is 5.90. The van der Waals surface area contributed by atoms with E-state index >= 15 is 0 Å². The first-order valence-corrected chi connectivity index (χ1v) is 7.93. The fourth-order valence-corrected chi connectivity index (χ4v) is 2.72. The van der Waals surface area contributed by atoms with E-state index in [0.29, 0.717) is 0 Å². The first kappa shape index (κ1) is 16.8. The van der Waals surface area contributed by atoms with E-state index in [4.69, 9.17) is 9.47 Å². The maximum absolute atomic E-state index is 12.0. The highest BCUT2D eigenvalue weighted by molar-refractivity contribution is 5.99. The number of nitrogens with one attached hydrogen (secondary N) is 1. The Kier molecular flexibility index (Phi) is 4.57. The molecule has 5 nitrogen and oxygen atoms in total. The molecule has 0 spiro atoms. The Hall–Kier alpha value is -3.08. The summed E-state index contributed by atoms with van der Waals surface area (Å²) >= 11 is 0. The van der Waals surface area contributed by atoms with Crippen LogP contribution in [0.1, 0.15) is 21.6 Å². The second kappa shape index (κ2) is 6.81. The number of aromatic nitrogens is 1. The van der Waals surface area contributed by atoms with Gasteiger partial charge in [0.25, 0.3) is 0 Å². The zero-order valence-corrected chi connectivity index (χ0v) is 14.7. The number of fused-ring (bicyclic) bond motifs is 1. The molecule has 0 amide bonds. The molecule has 3 aromatic rings. The molecule has 0 aliphatic heterocycles. The molecule has 0 radical (unpaired) electrons. The number of anilines is 2. The molecule has 0 aliphatic carbocycles. The minimum atomic E-state index is -0.471. The quantitative estimate of drug-likeness (QED) is 0.716. The van der Waals surface area contributed by atoms with E-state index in [9.17, 15) is 4.79 Å². The average Bonchev–Trinajstić information content (AvgIpc) is 2.61. The topological polar surface area (TPSA) is 60.5 Å². The summed E-state index contributed by atoms with van der Waals surface area (Å²) in [6.45, 7) is 4.03. The summed E-state index contributed by atoms with van der Waals surface area (Å²) in [6.07, 6.45) is 0. The van der Waals surface area contributed by atoms with Crippen LogP contribution >= 0.6 is 0 Å². The smallest absolute Gasteiger partial charge is 0.356 e. The van der Waals surface area contributed by atoms with Crippen molar-refractivity contribution in [1.29, 1.82) is 0 Å². The van der Waals surface area contributed by atoms with Crippen LogP contribution < -0.4 is 10.1 Å². The van der Waals surface area contributed by atoms with Crippen molar-refractivity contribution < 1.29 is 14.3 Å². The van der Waals surface area contributed by atoms with Crippen LogP contribution in [-0.2, 0) is 4.74 Å².